The Morgan fingerprint density at radius 2 is 0.904 bits per heavy atom. The molecule has 2 aromatic heterocycles. The Balaban J connectivity index is 1.64. The van der Waals surface area contributed by atoms with Gasteiger partial charge in [0, 0.05) is 60.1 Å². The third-order valence-corrected chi connectivity index (χ3v) is 14.7. The maximum absolute atomic E-state index is 14.7. The number of carboxylic acids is 1. The van der Waals surface area contributed by atoms with Crippen molar-refractivity contribution in [2.45, 2.75) is 161 Å². The van der Waals surface area contributed by atoms with E-state index in [2.05, 4.69) is 57.2 Å². The zero-order valence-corrected chi connectivity index (χ0v) is 48.6. The van der Waals surface area contributed by atoms with Crippen molar-refractivity contribution in [3.05, 3.63) is 72.1 Å². The first-order chi connectivity index (χ1) is 39.5. The fraction of sp³-hybridized carbons (Fsp3) is 0.544. The number of H-pyrrole nitrogens is 2. The van der Waals surface area contributed by atoms with Gasteiger partial charge >= 0.3 is 5.97 Å². The van der Waals surface area contributed by atoms with Crippen LogP contribution in [0.5, 0.6) is 0 Å². The van der Waals surface area contributed by atoms with Gasteiger partial charge in [-0.2, -0.15) is 0 Å². The number of benzene rings is 2. The number of aromatic nitrogens is 2. The van der Waals surface area contributed by atoms with Crippen molar-refractivity contribution >= 4 is 81.0 Å². The highest BCUT2D eigenvalue weighted by molar-refractivity contribution is 5.98. The minimum atomic E-state index is -1.39. The van der Waals surface area contributed by atoms with E-state index in [1.54, 1.807) is 53.1 Å². The minimum Gasteiger partial charge on any atom is -0.480 e. The molecule has 83 heavy (non-hydrogen) atoms. The van der Waals surface area contributed by atoms with Gasteiger partial charge in [-0.25, -0.2) is 4.79 Å². The van der Waals surface area contributed by atoms with Crippen molar-refractivity contribution in [2.24, 2.45) is 62.1 Å². The van der Waals surface area contributed by atoms with E-state index < -0.39 is 107 Å². The Kier molecular flexibility index (Phi) is 27.2. The van der Waals surface area contributed by atoms with Crippen LogP contribution in [0.25, 0.3) is 21.8 Å². The number of para-hydroxylation sites is 2. The predicted molar refractivity (Wildman–Crippen MR) is 320 cm³/mol. The second kappa shape index (κ2) is 33.6. The fourth-order valence-corrected chi connectivity index (χ4v) is 9.40. The number of hydrogen-bond donors (Lipinski definition) is 16. The van der Waals surface area contributed by atoms with Crippen LogP contribution < -0.4 is 71.6 Å². The van der Waals surface area contributed by atoms with E-state index in [9.17, 15) is 43.5 Å². The standard InChI is InChI=1S/C57H89N17O9/c1-7-32(5)46(73-48(75)38(59)19-13-14-24-58)54(81)71-44(28-35-30-67-40-21-12-10-18-37(35)40)51(78)72-45(31(3)4)52(79)74-47(33(6)8-2)53(80)68-41(22-15-25-64-56(60)61)49(76)70-43(27-34-29-66-39-20-11-9-17-36(34)39)50(77)69-42(55(82)83)23-16-26-65-57(62)63/h9-12,17-18,20-21,29-33,38,41-47,66-67H,7-8,13-16,19,22-28,58-59H2,1-6H3,(H,68,80)(H,69,77)(H,70,76)(H,71,81)(H,72,78)(H,73,75)(H,74,79)(H,82,83)(H4,60,61,64)(H4,62,63,65)/t32-,33-,38-,41-,42-,43-,44-,45-,46-,47-/m0/s1. The number of fused-ring (bicyclic) bond motifs is 2. The number of aromatic amines is 2. The number of nitrogens with one attached hydrogen (secondary N) is 9. The summed E-state index contributed by atoms with van der Waals surface area (Å²) < 4.78 is 0. The molecule has 10 atom stereocenters. The van der Waals surface area contributed by atoms with Gasteiger partial charge in [-0.3, -0.25) is 43.5 Å². The number of rotatable bonds is 36. The average molecular weight is 1160 g/mol. The predicted octanol–water partition coefficient (Wildman–Crippen LogP) is 0.224. The number of aliphatic carboxylic acids is 1. The fourth-order valence-electron chi connectivity index (χ4n) is 9.40. The number of unbranched alkanes of at least 4 members (excludes halogenated alkanes) is 1. The summed E-state index contributed by atoms with van der Waals surface area (Å²) >= 11 is 0. The lowest BCUT2D eigenvalue weighted by Gasteiger charge is -2.31. The monoisotopic (exact) mass is 1160 g/mol. The van der Waals surface area contributed by atoms with Gasteiger partial charge in [0.05, 0.1) is 6.04 Å². The molecular formula is C57H89N17O9. The molecule has 7 amide bonds. The molecule has 0 spiro atoms. The second-order valence-corrected chi connectivity index (χ2v) is 21.5. The van der Waals surface area contributed by atoms with Crippen LogP contribution in [0, 0.1) is 17.8 Å². The summed E-state index contributed by atoms with van der Waals surface area (Å²) in [5.41, 5.74) is 36.8. The molecule has 4 aromatic rings. The number of carboxylic acid groups (broad SMARTS) is 1. The molecule has 26 nitrogen and oxygen atoms in total. The van der Waals surface area contributed by atoms with Crippen LogP contribution in [0.2, 0.25) is 0 Å². The van der Waals surface area contributed by atoms with E-state index in [0.717, 1.165) is 21.8 Å². The maximum atomic E-state index is 14.7. The zero-order valence-electron chi connectivity index (χ0n) is 48.6. The molecule has 0 bridgehead atoms. The molecule has 0 aliphatic carbocycles. The summed E-state index contributed by atoms with van der Waals surface area (Å²) in [6, 6.07) is 4.76. The van der Waals surface area contributed by atoms with Crippen molar-refractivity contribution in [2.75, 3.05) is 19.6 Å². The molecule has 0 aliphatic rings. The van der Waals surface area contributed by atoms with Gasteiger partial charge < -0.3 is 86.7 Å². The number of nitrogens with two attached hydrogens (primary N) is 6. The van der Waals surface area contributed by atoms with Crippen molar-refractivity contribution in [3.8, 4) is 0 Å². The van der Waals surface area contributed by atoms with Gasteiger partial charge in [0.15, 0.2) is 11.9 Å². The first-order valence-corrected chi connectivity index (χ1v) is 28.5. The van der Waals surface area contributed by atoms with Crippen LogP contribution >= 0.6 is 0 Å². The summed E-state index contributed by atoms with van der Waals surface area (Å²) in [6.07, 6.45) is 6.06. The molecule has 0 saturated carbocycles. The molecule has 22 N–H and O–H groups in total. The van der Waals surface area contributed by atoms with Gasteiger partial charge in [0.1, 0.15) is 42.3 Å². The maximum Gasteiger partial charge on any atom is 0.326 e. The Hall–Kier alpha value is -8.26. The smallest absolute Gasteiger partial charge is 0.326 e. The number of carbonyl (C=O) groups is 8. The van der Waals surface area contributed by atoms with Gasteiger partial charge in [0.25, 0.3) is 0 Å². The van der Waals surface area contributed by atoms with E-state index in [1.807, 2.05) is 49.4 Å². The first-order valence-electron chi connectivity index (χ1n) is 28.5. The number of aliphatic imine (C=N–C) groups is 2. The van der Waals surface area contributed by atoms with Crippen LogP contribution in [-0.4, -0.2) is 142 Å². The van der Waals surface area contributed by atoms with E-state index >= 15 is 0 Å². The molecule has 2 aromatic carbocycles. The third kappa shape index (κ3) is 20.9. The Bertz CT molecular complexity index is 2860. The summed E-state index contributed by atoms with van der Waals surface area (Å²) in [5, 5.41) is 31.1. The summed E-state index contributed by atoms with van der Waals surface area (Å²) in [7, 11) is 0. The molecule has 0 saturated heterocycles. The van der Waals surface area contributed by atoms with E-state index in [4.69, 9.17) is 34.4 Å². The van der Waals surface area contributed by atoms with E-state index in [1.165, 1.54) is 0 Å². The SMILES string of the molecule is CC[C@H](C)[C@H](NC(=O)[C@@H](NC(=O)[C@H](Cc1c[nH]c2ccccc12)NC(=O)[C@@H](NC(=O)[C@@H](N)CCCCN)[C@@H](C)CC)C(C)C)C(=O)N[C@@H](CCCN=C(N)N)C(=O)N[C@@H](Cc1c[nH]c2ccccc12)C(=O)N[C@@H](CCCN=C(N)N)C(=O)O. The number of hydrogen-bond acceptors (Lipinski definition) is 12. The number of amides is 7. The highest BCUT2D eigenvalue weighted by atomic mass is 16.4. The van der Waals surface area contributed by atoms with Crippen molar-refractivity contribution < 1.29 is 43.5 Å². The number of nitrogens with zero attached hydrogens (tertiary/aromatic N) is 2. The molecule has 4 rings (SSSR count). The van der Waals surface area contributed by atoms with E-state index in [-0.39, 0.29) is 69.5 Å². The molecule has 0 unspecified atom stereocenters. The lowest BCUT2D eigenvalue weighted by Crippen LogP contribution is -2.62. The lowest BCUT2D eigenvalue weighted by atomic mass is 9.95. The van der Waals surface area contributed by atoms with Crippen molar-refractivity contribution in [1.29, 1.82) is 0 Å². The minimum absolute atomic E-state index is 0.0243. The van der Waals surface area contributed by atoms with Crippen LogP contribution in [0.3, 0.4) is 0 Å². The molecule has 2 heterocycles. The molecule has 0 aliphatic heterocycles. The summed E-state index contributed by atoms with van der Waals surface area (Å²) in [4.78, 5) is 127. The van der Waals surface area contributed by atoms with Gasteiger partial charge in [-0.05, 0) is 86.1 Å². The van der Waals surface area contributed by atoms with Gasteiger partial charge in [0.2, 0.25) is 41.4 Å². The Labute approximate surface area is 484 Å². The summed E-state index contributed by atoms with van der Waals surface area (Å²) in [6.45, 7) is 11.2. The Morgan fingerprint density at radius 3 is 1.36 bits per heavy atom. The van der Waals surface area contributed by atoms with Crippen molar-refractivity contribution in [1.82, 2.24) is 47.2 Å². The van der Waals surface area contributed by atoms with Crippen LogP contribution in [0.15, 0.2) is 70.9 Å². The summed E-state index contributed by atoms with van der Waals surface area (Å²) in [5.74, 6) is -8.25. The number of guanidine groups is 2. The average Bonchev–Trinajstić information content (AvgIpc) is 4.17. The molecule has 0 fully saturated rings. The van der Waals surface area contributed by atoms with Crippen molar-refractivity contribution in [3.63, 3.8) is 0 Å². The first kappa shape index (κ1) is 67.2. The molecule has 26 heteroatoms. The van der Waals surface area contributed by atoms with Crippen LogP contribution in [0.4, 0.5) is 0 Å². The third-order valence-electron chi connectivity index (χ3n) is 14.7. The zero-order chi connectivity index (χ0) is 61.3. The van der Waals surface area contributed by atoms with Gasteiger partial charge in [-0.1, -0.05) is 97.2 Å². The van der Waals surface area contributed by atoms with Crippen LogP contribution in [0.1, 0.15) is 110 Å². The largest absolute Gasteiger partial charge is 0.480 e. The normalized spacial score (nSPS) is 15.0. The second-order valence-electron chi connectivity index (χ2n) is 21.5. The quantitative estimate of drug-likeness (QED) is 0.0165. The molecule has 0 radical (unpaired) electrons. The highest BCUT2D eigenvalue weighted by Gasteiger charge is 2.37. The number of carbonyl (C=O) groups excluding carboxylic acids is 7. The molecule has 456 valence electrons. The van der Waals surface area contributed by atoms with E-state index in [0.29, 0.717) is 49.8 Å². The van der Waals surface area contributed by atoms with Gasteiger partial charge in [-0.15, -0.1) is 0 Å². The Morgan fingerprint density at radius 1 is 0.506 bits per heavy atom. The lowest BCUT2D eigenvalue weighted by molar-refractivity contribution is -0.142. The molecular weight excluding hydrogens is 1070 g/mol. The topological polar surface area (TPSA) is 453 Å². The highest BCUT2D eigenvalue weighted by Crippen LogP contribution is 2.22. The van der Waals surface area contributed by atoms with Crippen LogP contribution in [-0.2, 0) is 51.2 Å².